The zero-order valence-electron chi connectivity index (χ0n) is 10.8. The molecule has 0 amide bonds. The van der Waals surface area contributed by atoms with Crippen molar-refractivity contribution in [1.29, 1.82) is 0 Å². The number of nitrogens with zero attached hydrogens (tertiary/aromatic N) is 2. The maximum atomic E-state index is 6.06. The molecular weight excluding hydrogens is 254 g/mol. The molecule has 4 heteroatoms. The van der Waals surface area contributed by atoms with Crippen LogP contribution in [0.15, 0.2) is 24.3 Å². The Hall–Kier alpha value is -1.55. The molecule has 0 bridgehead atoms. The monoisotopic (exact) mass is 271 g/mol. The van der Waals surface area contributed by atoms with Gasteiger partial charge in [0.15, 0.2) is 0 Å². The number of benzene rings is 1. The molecule has 1 aliphatic heterocycles. The van der Waals surface area contributed by atoms with Gasteiger partial charge < -0.3 is 10.6 Å². The molecule has 0 unspecified atom stereocenters. The summed E-state index contributed by atoms with van der Waals surface area (Å²) in [6.45, 7) is 2.08. The van der Waals surface area contributed by atoms with Crippen molar-refractivity contribution in [1.82, 2.24) is 4.37 Å². The van der Waals surface area contributed by atoms with Crippen LogP contribution in [0.3, 0.4) is 0 Å². The second kappa shape index (κ2) is 4.23. The zero-order chi connectivity index (χ0) is 12.8. The molecular formula is C15H17N3S. The molecule has 2 aliphatic rings. The van der Waals surface area contributed by atoms with Crippen LogP contribution < -0.4 is 10.6 Å². The average Bonchev–Trinajstić information content (AvgIpc) is 3.21. The number of rotatable bonds is 2. The van der Waals surface area contributed by atoms with E-state index in [0.717, 1.165) is 25.3 Å². The minimum Gasteiger partial charge on any atom is -0.383 e. The summed E-state index contributed by atoms with van der Waals surface area (Å²) < 4.78 is 4.39. The fourth-order valence-corrected chi connectivity index (χ4v) is 3.88. The summed E-state index contributed by atoms with van der Waals surface area (Å²) in [7, 11) is 0. The fourth-order valence-electron chi connectivity index (χ4n) is 2.95. The maximum Gasteiger partial charge on any atom is 0.142 e. The SMILES string of the molecule is Nc1nsc(N2CCc3ccccc3C2)c1C1CC1. The number of aromatic nitrogens is 1. The van der Waals surface area contributed by atoms with Crippen molar-refractivity contribution in [2.45, 2.75) is 31.7 Å². The van der Waals surface area contributed by atoms with Gasteiger partial charge >= 0.3 is 0 Å². The van der Waals surface area contributed by atoms with Crippen molar-refractivity contribution in [2.24, 2.45) is 0 Å². The molecule has 2 aromatic rings. The van der Waals surface area contributed by atoms with E-state index in [9.17, 15) is 0 Å². The fraction of sp³-hybridized carbons (Fsp3) is 0.400. The summed E-state index contributed by atoms with van der Waals surface area (Å²) in [4.78, 5) is 2.46. The van der Waals surface area contributed by atoms with Crippen LogP contribution in [0.2, 0.25) is 0 Å². The highest BCUT2D eigenvalue weighted by atomic mass is 32.1. The number of fused-ring (bicyclic) bond motifs is 1. The second-order valence-electron chi connectivity index (χ2n) is 5.50. The van der Waals surface area contributed by atoms with Gasteiger partial charge in [-0.2, -0.15) is 4.37 Å². The first-order valence-electron chi connectivity index (χ1n) is 6.89. The lowest BCUT2D eigenvalue weighted by Crippen LogP contribution is -2.30. The van der Waals surface area contributed by atoms with E-state index in [2.05, 4.69) is 33.5 Å². The highest BCUT2D eigenvalue weighted by Gasteiger charge is 2.33. The van der Waals surface area contributed by atoms with Gasteiger partial charge in [-0.05, 0) is 47.8 Å². The Morgan fingerprint density at radius 3 is 2.79 bits per heavy atom. The summed E-state index contributed by atoms with van der Waals surface area (Å²) in [5.74, 6) is 1.44. The van der Waals surface area contributed by atoms with Gasteiger partial charge in [-0.3, -0.25) is 0 Å². The van der Waals surface area contributed by atoms with E-state index in [1.165, 1.54) is 34.5 Å². The lowest BCUT2D eigenvalue weighted by atomic mass is 10.00. The van der Waals surface area contributed by atoms with Gasteiger partial charge in [-0.25, -0.2) is 0 Å². The Kier molecular flexibility index (Phi) is 2.52. The summed E-state index contributed by atoms with van der Waals surface area (Å²) in [5.41, 5.74) is 10.3. The van der Waals surface area contributed by atoms with E-state index in [1.807, 2.05) is 0 Å². The predicted molar refractivity (Wildman–Crippen MR) is 79.7 cm³/mol. The number of anilines is 2. The molecule has 0 saturated heterocycles. The summed E-state index contributed by atoms with van der Waals surface area (Å²) in [5, 5.41) is 1.31. The summed E-state index contributed by atoms with van der Waals surface area (Å²) in [6.07, 6.45) is 3.68. The van der Waals surface area contributed by atoms with Crippen LogP contribution in [-0.2, 0) is 13.0 Å². The van der Waals surface area contributed by atoms with E-state index in [0.29, 0.717) is 5.92 Å². The van der Waals surface area contributed by atoms with Crippen LogP contribution in [0, 0.1) is 0 Å². The minimum absolute atomic E-state index is 0.672. The van der Waals surface area contributed by atoms with E-state index >= 15 is 0 Å². The first-order valence-corrected chi connectivity index (χ1v) is 7.67. The van der Waals surface area contributed by atoms with Gasteiger partial charge in [0, 0.05) is 18.7 Å². The van der Waals surface area contributed by atoms with Gasteiger partial charge in [0.25, 0.3) is 0 Å². The Morgan fingerprint density at radius 2 is 2.00 bits per heavy atom. The molecule has 0 radical (unpaired) electrons. The van der Waals surface area contributed by atoms with E-state index in [1.54, 1.807) is 11.5 Å². The van der Waals surface area contributed by atoms with Gasteiger partial charge in [0.2, 0.25) is 0 Å². The first-order chi connectivity index (χ1) is 9.33. The molecule has 2 N–H and O–H groups in total. The van der Waals surface area contributed by atoms with Crippen LogP contribution in [0.25, 0.3) is 0 Å². The Balaban J connectivity index is 1.68. The molecule has 1 fully saturated rings. The summed E-state index contributed by atoms with van der Waals surface area (Å²) >= 11 is 1.58. The van der Waals surface area contributed by atoms with Crippen molar-refractivity contribution in [3.05, 3.63) is 41.0 Å². The second-order valence-corrected chi connectivity index (χ2v) is 6.25. The van der Waals surface area contributed by atoms with Crippen molar-refractivity contribution in [3.8, 4) is 0 Å². The van der Waals surface area contributed by atoms with E-state index < -0.39 is 0 Å². The molecule has 0 atom stereocenters. The molecule has 1 saturated carbocycles. The largest absolute Gasteiger partial charge is 0.383 e. The standard InChI is InChI=1S/C15H17N3S/c16-14-13(11-5-6-11)15(19-17-14)18-8-7-10-3-1-2-4-12(10)9-18/h1-4,11H,5-9H2,(H2,16,17). The van der Waals surface area contributed by atoms with Crippen LogP contribution in [0.1, 0.15) is 35.4 Å². The quantitative estimate of drug-likeness (QED) is 0.912. The van der Waals surface area contributed by atoms with Crippen LogP contribution in [-0.4, -0.2) is 10.9 Å². The minimum atomic E-state index is 0.672. The molecule has 4 rings (SSSR count). The Morgan fingerprint density at radius 1 is 1.21 bits per heavy atom. The number of hydrogen-bond acceptors (Lipinski definition) is 4. The first kappa shape index (κ1) is 11.3. The lowest BCUT2D eigenvalue weighted by Gasteiger charge is -2.30. The number of nitrogens with two attached hydrogens (primary N) is 1. The van der Waals surface area contributed by atoms with Crippen molar-refractivity contribution < 1.29 is 0 Å². The molecule has 2 heterocycles. The molecule has 19 heavy (non-hydrogen) atoms. The third-order valence-corrected chi connectivity index (χ3v) is 5.08. The van der Waals surface area contributed by atoms with Gasteiger partial charge in [-0.15, -0.1) is 0 Å². The summed E-state index contributed by atoms with van der Waals surface area (Å²) in [6, 6.07) is 8.75. The van der Waals surface area contributed by atoms with E-state index in [4.69, 9.17) is 5.73 Å². The smallest absolute Gasteiger partial charge is 0.142 e. The van der Waals surface area contributed by atoms with Crippen molar-refractivity contribution >= 4 is 22.4 Å². The van der Waals surface area contributed by atoms with Crippen LogP contribution in [0.4, 0.5) is 10.8 Å². The number of hydrogen-bond donors (Lipinski definition) is 1. The van der Waals surface area contributed by atoms with E-state index in [-0.39, 0.29) is 0 Å². The molecule has 1 aliphatic carbocycles. The Bertz CT molecular complexity index is 616. The maximum absolute atomic E-state index is 6.06. The molecule has 1 aromatic heterocycles. The highest BCUT2D eigenvalue weighted by molar-refractivity contribution is 7.10. The van der Waals surface area contributed by atoms with Crippen molar-refractivity contribution in [2.75, 3.05) is 17.2 Å². The lowest BCUT2D eigenvalue weighted by molar-refractivity contribution is 0.734. The topological polar surface area (TPSA) is 42.1 Å². The molecule has 3 nitrogen and oxygen atoms in total. The van der Waals surface area contributed by atoms with Gasteiger partial charge in [0.05, 0.1) is 0 Å². The number of nitrogen functional groups attached to an aromatic ring is 1. The van der Waals surface area contributed by atoms with Gasteiger partial charge in [0.1, 0.15) is 10.8 Å². The van der Waals surface area contributed by atoms with Crippen LogP contribution in [0.5, 0.6) is 0 Å². The third-order valence-electron chi connectivity index (χ3n) is 4.14. The van der Waals surface area contributed by atoms with Gasteiger partial charge in [-0.1, -0.05) is 24.3 Å². The zero-order valence-corrected chi connectivity index (χ0v) is 11.6. The normalized spacial score (nSPS) is 18.4. The molecule has 98 valence electrons. The predicted octanol–water partition coefficient (Wildman–Crippen LogP) is 3.17. The Labute approximate surface area is 117 Å². The van der Waals surface area contributed by atoms with Crippen molar-refractivity contribution in [3.63, 3.8) is 0 Å². The van der Waals surface area contributed by atoms with Crippen LogP contribution >= 0.6 is 11.5 Å². The third kappa shape index (κ3) is 1.91. The molecule has 1 aromatic carbocycles. The average molecular weight is 271 g/mol. The molecule has 0 spiro atoms. The highest BCUT2D eigenvalue weighted by Crippen LogP contribution is 2.49.